The van der Waals surface area contributed by atoms with Crippen LogP contribution in [-0.2, 0) is 6.54 Å². The number of fused-ring (bicyclic) bond motifs is 2. The molecular weight excluding hydrogens is 484 g/mol. The van der Waals surface area contributed by atoms with Gasteiger partial charge in [-0.05, 0) is 72.8 Å². The van der Waals surface area contributed by atoms with Gasteiger partial charge in [0.1, 0.15) is 0 Å². The largest absolute Gasteiger partial charge is 0.278 e. The Labute approximate surface area is 216 Å². The molecule has 1 amide bonds. The Morgan fingerprint density at radius 3 is 2.53 bits per heavy atom. The second kappa shape index (κ2) is 9.26. The first kappa shape index (κ1) is 22.5. The molecule has 0 atom stereocenters. The minimum atomic E-state index is -0.121. The summed E-state index contributed by atoms with van der Waals surface area (Å²) in [5, 5.41) is 3.50. The number of rotatable bonds is 5. The Hall–Kier alpha value is -3.94. The van der Waals surface area contributed by atoms with Gasteiger partial charge in [0.25, 0.3) is 5.91 Å². The SMILES string of the molecule is Cc1cc2nc(N(Cc3ccccn3)C(=O)c3cc(-c4cccs4)nc4ccccc34)sc2cc1C. The number of benzene rings is 2. The molecule has 36 heavy (non-hydrogen) atoms. The van der Waals surface area contributed by atoms with Crippen molar-refractivity contribution in [2.24, 2.45) is 0 Å². The average Bonchev–Trinajstić information content (AvgIpc) is 3.58. The Morgan fingerprint density at radius 1 is 0.889 bits per heavy atom. The molecule has 4 heterocycles. The second-order valence-corrected chi connectivity index (χ2v) is 10.6. The van der Waals surface area contributed by atoms with E-state index in [9.17, 15) is 4.79 Å². The summed E-state index contributed by atoms with van der Waals surface area (Å²) in [7, 11) is 0. The molecule has 0 aliphatic rings. The standard InChI is InChI=1S/C29H22N4OS2/c1-18-14-24-27(15-19(18)2)36-29(32-24)33(17-20-8-5-6-12-30-20)28(34)22-16-25(26-11-7-13-35-26)31-23-10-4-3-9-21(22)23/h3-16H,17H2,1-2H3. The number of hydrogen-bond donors (Lipinski definition) is 0. The van der Waals surface area contributed by atoms with Gasteiger partial charge in [-0.1, -0.05) is 41.7 Å². The van der Waals surface area contributed by atoms with Gasteiger partial charge in [-0.2, -0.15) is 0 Å². The van der Waals surface area contributed by atoms with E-state index in [1.54, 1.807) is 22.4 Å². The molecule has 0 unspecified atom stereocenters. The zero-order valence-corrected chi connectivity index (χ0v) is 21.4. The van der Waals surface area contributed by atoms with Crippen LogP contribution in [0.15, 0.2) is 84.4 Å². The molecule has 0 saturated heterocycles. The van der Waals surface area contributed by atoms with Crippen molar-refractivity contribution in [1.29, 1.82) is 0 Å². The van der Waals surface area contributed by atoms with E-state index >= 15 is 0 Å². The van der Waals surface area contributed by atoms with Gasteiger partial charge < -0.3 is 0 Å². The molecular formula is C29H22N4OS2. The number of aryl methyl sites for hydroxylation is 2. The number of para-hydroxylation sites is 1. The van der Waals surface area contributed by atoms with Crippen LogP contribution < -0.4 is 4.90 Å². The first-order chi connectivity index (χ1) is 17.6. The summed E-state index contributed by atoms with van der Waals surface area (Å²) in [4.78, 5) is 31.3. The molecule has 2 aromatic carbocycles. The Kier molecular flexibility index (Phi) is 5.79. The van der Waals surface area contributed by atoms with Gasteiger partial charge in [0.15, 0.2) is 5.13 Å². The number of carbonyl (C=O) groups excluding carboxylic acids is 1. The minimum Gasteiger partial charge on any atom is -0.278 e. The molecule has 6 rings (SSSR count). The summed E-state index contributed by atoms with van der Waals surface area (Å²) < 4.78 is 1.06. The van der Waals surface area contributed by atoms with Crippen LogP contribution in [0.5, 0.6) is 0 Å². The molecule has 0 spiro atoms. The highest BCUT2D eigenvalue weighted by Gasteiger charge is 2.25. The summed E-state index contributed by atoms with van der Waals surface area (Å²) in [6, 6.07) is 23.7. The normalized spacial score (nSPS) is 11.3. The summed E-state index contributed by atoms with van der Waals surface area (Å²) in [6.45, 7) is 4.50. The lowest BCUT2D eigenvalue weighted by atomic mass is 10.1. The van der Waals surface area contributed by atoms with Crippen molar-refractivity contribution in [2.45, 2.75) is 20.4 Å². The van der Waals surface area contributed by atoms with Crippen LogP contribution in [-0.4, -0.2) is 20.9 Å². The number of thiophene rings is 1. The number of pyridine rings is 2. The van der Waals surface area contributed by atoms with Gasteiger partial charge in [0.05, 0.1) is 44.1 Å². The quantitative estimate of drug-likeness (QED) is 0.244. The molecule has 6 aromatic rings. The topological polar surface area (TPSA) is 59.0 Å². The van der Waals surface area contributed by atoms with Crippen molar-refractivity contribution in [2.75, 3.05) is 4.90 Å². The second-order valence-electron chi connectivity index (χ2n) is 8.66. The van der Waals surface area contributed by atoms with E-state index in [4.69, 9.17) is 9.97 Å². The third kappa shape index (κ3) is 4.17. The van der Waals surface area contributed by atoms with Crippen molar-refractivity contribution in [3.8, 4) is 10.6 Å². The predicted octanol–water partition coefficient (Wildman–Crippen LogP) is 7.43. The number of hydrogen-bond acceptors (Lipinski definition) is 6. The highest BCUT2D eigenvalue weighted by molar-refractivity contribution is 7.22. The van der Waals surface area contributed by atoms with Crippen LogP contribution in [0.4, 0.5) is 5.13 Å². The maximum absolute atomic E-state index is 14.3. The predicted molar refractivity (Wildman–Crippen MR) is 149 cm³/mol. The van der Waals surface area contributed by atoms with E-state index in [0.29, 0.717) is 17.2 Å². The lowest BCUT2D eigenvalue weighted by Crippen LogP contribution is -2.31. The number of carbonyl (C=O) groups is 1. The molecule has 5 nitrogen and oxygen atoms in total. The summed E-state index contributed by atoms with van der Waals surface area (Å²) in [6.07, 6.45) is 1.75. The molecule has 0 aliphatic carbocycles. The number of anilines is 1. The van der Waals surface area contributed by atoms with Crippen LogP contribution in [0.25, 0.3) is 31.7 Å². The molecule has 0 N–H and O–H groups in total. The van der Waals surface area contributed by atoms with Crippen LogP contribution >= 0.6 is 22.7 Å². The number of aromatic nitrogens is 3. The van der Waals surface area contributed by atoms with E-state index in [1.165, 1.54) is 22.5 Å². The number of thiazole rings is 1. The zero-order valence-electron chi connectivity index (χ0n) is 19.8. The van der Waals surface area contributed by atoms with Crippen molar-refractivity contribution in [3.05, 3.63) is 107 Å². The van der Waals surface area contributed by atoms with E-state index in [2.05, 4.69) is 31.0 Å². The van der Waals surface area contributed by atoms with Crippen LogP contribution in [0.2, 0.25) is 0 Å². The first-order valence-electron chi connectivity index (χ1n) is 11.6. The molecule has 176 valence electrons. The molecule has 0 radical (unpaired) electrons. The molecule has 0 fully saturated rings. The zero-order chi connectivity index (χ0) is 24.6. The average molecular weight is 507 g/mol. The smallest absolute Gasteiger partial charge is 0.261 e. The van der Waals surface area contributed by atoms with E-state index in [1.807, 2.05) is 66.0 Å². The third-order valence-electron chi connectivity index (χ3n) is 6.24. The first-order valence-corrected chi connectivity index (χ1v) is 13.3. The number of amides is 1. The fourth-order valence-corrected chi connectivity index (χ4v) is 5.94. The van der Waals surface area contributed by atoms with Gasteiger partial charge in [0.2, 0.25) is 0 Å². The maximum atomic E-state index is 14.3. The summed E-state index contributed by atoms with van der Waals surface area (Å²) >= 11 is 3.14. The Balaban J connectivity index is 1.52. The van der Waals surface area contributed by atoms with Crippen molar-refractivity contribution < 1.29 is 4.79 Å². The molecule has 0 aliphatic heterocycles. The fraction of sp³-hybridized carbons (Fsp3) is 0.103. The van der Waals surface area contributed by atoms with Crippen molar-refractivity contribution >= 4 is 54.8 Å². The van der Waals surface area contributed by atoms with Gasteiger partial charge >= 0.3 is 0 Å². The minimum absolute atomic E-state index is 0.121. The maximum Gasteiger partial charge on any atom is 0.261 e. The monoisotopic (exact) mass is 506 g/mol. The van der Waals surface area contributed by atoms with Gasteiger partial charge in [-0.25, -0.2) is 9.97 Å². The number of nitrogens with zero attached hydrogens (tertiary/aromatic N) is 4. The fourth-order valence-electron chi connectivity index (χ4n) is 4.21. The van der Waals surface area contributed by atoms with Gasteiger partial charge in [-0.3, -0.25) is 14.7 Å². The molecule has 0 saturated carbocycles. The van der Waals surface area contributed by atoms with Crippen molar-refractivity contribution in [1.82, 2.24) is 15.0 Å². The third-order valence-corrected chi connectivity index (χ3v) is 8.17. The Morgan fingerprint density at radius 2 is 1.72 bits per heavy atom. The highest BCUT2D eigenvalue weighted by Crippen LogP contribution is 2.34. The summed E-state index contributed by atoms with van der Waals surface area (Å²) in [5.41, 5.74) is 6.28. The lowest BCUT2D eigenvalue weighted by molar-refractivity contribution is 0.0986. The van der Waals surface area contributed by atoms with Gasteiger partial charge in [0, 0.05) is 11.6 Å². The van der Waals surface area contributed by atoms with Crippen LogP contribution in [0.1, 0.15) is 27.2 Å². The van der Waals surface area contributed by atoms with Gasteiger partial charge in [-0.15, -0.1) is 11.3 Å². The summed E-state index contributed by atoms with van der Waals surface area (Å²) in [5.74, 6) is -0.121. The lowest BCUT2D eigenvalue weighted by Gasteiger charge is -2.21. The highest BCUT2D eigenvalue weighted by atomic mass is 32.1. The Bertz CT molecular complexity index is 1670. The molecule has 7 heteroatoms. The molecule has 4 aromatic heterocycles. The van der Waals surface area contributed by atoms with Crippen LogP contribution in [0.3, 0.4) is 0 Å². The van der Waals surface area contributed by atoms with Crippen LogP contribution in [0, 0.1) is 13.8 Å². The van der Waals surface area contributed by atoms with E-state index in [-0.39, 0.29) is 5.91 Å². The van der Waals surface area contributed by atoms with E-state index < -0.39 is 0 Å². The molecule has 0 bridgehead atoms. The van der Waals surface area contributed by atoms with E-state index in [0.717, 1.165) is 37.4 Å². The van der Waals surface area contributed by atoms with Crippen molar-refractivity contribution in [3.63, 3.8) is 0 Å².